The highest BCUT2D eigenvalue weighted by molar-refractivity contribution is 6.13. The summed E-state index contributed by atoms with van der Waals surface area (Å²) in [5, 5.41) is 0. The summed E-state index contributed by atoms with van der Waals surface area (Å²) in [7, 11) is 0. The number of ether oxygens (including phenoxy) is 1. The first-order chi connectivity index (χ1) is 15.1. The van der Waals surface area contributed by atoms with Gasteiger partial charge < -0.3 is 4.74 Å². The summed E-state index contributed by atoms with van der Waals surface area (Å²) in [5.74, 6) is -0.884. The van der Waals surface area contributed by atoms with Gasteiger partial charge in [-0.2, -0.15) is 0 Å². The molecule has 0 heterocycles. The van der Waals surface area contributed by atoms with Crippen molar-refractivity contribution in [2.24, 2.45) is 4.99 Å². The fourth-order valence-corrected chi connectivity index (χ4v) is 2.98. The normalized spacial score (nSPS) is 13.6. The number of hydrogen-bond donors (Lipinski definition) is 0. The van der Waals surface area contributed by atoms with Crippen LogP contribution in [0.15, 0.2) is 101 Å². The standard InChI is InChI=1S/C28H32FNO2/c1-7-20(2)18-24(29)21(3)19-25(27(31)32-28(4,5)6)30-26(22-14-10-8-11-15-22)23-16-12-9-13-17-23/h7-18,25H,1,19H2,2-6H3/b20-18-,24-21+/t25-/m0/s1. The predicted molar refractivity (Wildman–Crippen MR) is 131 cm³/mol. The molecule has 4 heteroatoms. The van der Waals surface area contributed by atoms with Crippen molar-refractivity contribution < 1.29 is 13.9 Å². The van der Waals surface area contributed by atoms with Crippen LogP contribution in [-0.2, 0) is 9.53 Å². The zero-order chi connectivity index (χ0) is 23.7. The van der Waals surface area contributed by atoms with Crippen LogP contribution in [0.25, 0.3) is 0 Å². The summed E-state index contributed by atoms with van der Waals surface area (Å²) in [6.07, 6.45) is 3.09. The van der Waals surface area contributed by atoms with Crippen LogP contribution in [0.5, 0.6) is 0 Å². The Morgan fingerprint density at radius 1 is 1.03 bits per heavy atom. The van der Waals surface area contributed by atoms with Crippen molar-refractivity contribution in [3.8, 4) is 0 Å². The molecule has 2 aromatic carbocycles. The lowest BCUT2D eigenvalue weighted by molar-refractivity contribution is -0.156. The molecule has 0 spiro atoms. The predicted octanol–water partition coefficient (Wildman–Crippen LogP) is 7.00. The van der Waals surface area contributed by atoms with Crippen LogP contribution < -0.4 is 0 Å². The summed E-state index contributed by atoms with van der Waals surface area (Å²) >= 11 is 0. The van der Waals surface area contributed by atoms with E-state index in [9.17, 15) is 9.18 Å². The Morgan fingerprint density at radius 3 is 1.97 bits per heavy atom. The van der Waals surface area contributed by atoms with Gasteiger partial charge in [0.25, 0.3) is 0 Å². The summed E-state index contributed by atoms with van der Waals surface area (Å²) in [4.78, 5) is 17.9. The van der Waals surface area contributed by atoms with E-state index in [0.29, 0.717) is 16.9 Å². The van der Waals surface area contributed by atoms with E-state index in [-0.39, 0.29) is 6.42 Å². The number of rotatable bonds is 8. The van der Waals surface area contributed by atoms with Gasteiger partial charge in [-0.15, -0.1) is 0 Å². The van der Waals surface area contributed by atoms with Gasteiger partial charge >= 0.3 is 5.97 Å². The average Bonchev–Trinajstić information content (AvgIpc) is 2.76. The molecule has 0 aliphatic heterocycles. The largest absolute Gasteiger partial charge is 0.458 e. The molecule has 3 nitrogen and oxygen atoms in total. The SMILES string of the molecule is C=C/C(C)=C\C(F)=C(\C)C[C@H](N=C(c1ccccc1)c1ccccc1)C(=O)OC(C)(C)C. The number of benzene rings is 2. The van der Waals surface area contributed by atoms with Gasteiger partial charge in [-0.05, 0) is 51.8 Å². The molecular formula is C28H32FNO2. The maximum absolute atomic E-state index is 14.7. The number of aliphatic imine (C=N–C) groups is 1. The van der Waals surface area contributed by atoms with Crippen molar-refractivity contribution in [1.29, 1.82) is 0 Å². The number of carbonyl (C=O) groups is 1. The molecule has 0 radical (unpaired) electrons. The average molecular weight is 434 g/mol. The molecule has 2 rings (SSSR count). The molecular weight excluding hydrogens is 401 g/mol. The Balaban J connectivity index is 2.57. The Labute approximate surface area is 191 Å². The van der Waals surface area contributed by atoms with Crippen molar-refractivity contribution in [3.05, 3.63) is 107 Å². The maximum atomic E-state index is 14.7. The number of carbonyl (C=O) groups excluding carboxylic acids is 1. The van der Waals surface area contributed by atoms with Crippen LogP contribution in [0, 0.1) is 0 Å². The molecule has 168 valence electrons. The minimum absolute atomic E-state index is 0.102. The first-order valence-corrected chi connectivity index (χ1v) is 10.7. The van der Waals surface area contributed by atoms with Gasteiger partial charge in [-0.25, -0.2) is 9.18 Å². The zero-order valence-electron chi connectivity index (χ0n) is 19.6. The van der Waals surface area contributed by atoms with E-state index in [0.717, 1.165) is 11.1 Å². The molecule has 0 unspecified atom stereocenters. The van der Waals surface area contributed by atoms with Gasteiger partial charge in [-0.3, -0.25) is 4.99 Å². The van der Waals surface area contributed by atoms with Crippen LogP contribution in [0.3, 0.4) is 0 Å². The molecule has 0 aliphatic carbocycles. The fourth-order valence-electron chi connectivity index (χ4n) is 2.98. The van der Waals surface area contributed by atoms with Crippen LogP contribution in [0.1, 0.15) is 52.2 Å². The van der Waals surface area contributed by atoms with Crippen LogP contribution in [0.4, 0.5) is 4.39 Å². The van der Waals surface area contributed by atoms with E-state index in [1.54, 1.807) is 40.7 Å². The van der Waals surface area contributed by atoms with Gasteiger partial charge in [0, 0.05) is 17.5 Å². The highest BCUT2D eigenvalue weighted by Crippen LogP contribution is 2.22. The second-order valence-corrected chi connectivity index (χ2v) is 8.68. The lowest BCUT2D eigenvalue weighted by Crippen LogP contribution is -2.32. The summed E-state index contributed by atoms with van der Waals surface area (Å²) < 4.78 is 20.4. The lowest BCUT2D eigenvalue weighted by atomic mass is 10.0. The van der Waals surface area contributed by atoms with E-state index < -0.39 is 23.4 Å². The van der Waals surface area contributed by atoms with Gasteiger partial charge in [-0.1, -0.05) is 73.3 Å². The number of halogens is 1. The molecule has 2 aromatic rings. The molecule has 1 atom stereocenters. The topological polar surface area (TPSA) is 38.7 Å². The third kappa shape index (κ3) is 7.77. The summed E-state index contributed by atoms with van der Waals surface area (Å²) in [6, 6.07) is 18.4. The first kappa shape index (κ1) is 25.0. The molecule has 0 bridgehead atoms. The molecule has 0 amide bonds. The lowest BCUT2D eigenvalue weighted by Gasteiger charge is -2.23. The minimum atomic E-state index is -0.896. The summed E-state index contributed by atoms with van der Waals surface area (Å²) in [6.45, 7) is 12.5. The van der Waals surface area contributed by atoms with Crippen LogP contribution in [-0.4, -0.2) is 23.3 Å². The molecule has 32 heavy (non-hydrogen) atoms. The Kier molecular flexibility index (Phi) is 8.89. The Bertz CT molecular complexity index is 971. The van der Waals surface area contributed by atoms with Crippen molar-refractivity contribution in [1.82, 2.24) is 0 Å². The first-order valence-electron chi connectivity index (χ1n) is 10.7. The molecule has 0 aliphatic rings. The van der Waals surface area contributed by atoms with E-state index >= 15 is 0 Å². The van der Waals surface area contributed by atoms with Crippen LogP contribution in [0.2, 0.25) is 0 Å². The number of allylic oxidation sites excluding steroid dienone is 4. The summed E-state index contributed by atoms with van der Waals surface area (Å²) in [5.41, 5.74) is 2.85. The van der Waals surface area contributed by atoms with Crippen molar-refractivity contribution >= 4 is 11.7 Å². The van der Waals surface area contributed by atoms with Gasteiger partial charge in [0.1, 0.15) is 11.4 Å². The van der Waals surface area contributed by atoms with Crippen LogP contribution >= 0.6 is 0 Å². The third-order valence-corrected chi connectivity index (χ3v) is 4.64. The smallest absolute Gasteiger partial charge is 0.331 e. The van der Waals surface area contributed by atoms with Gasteiger partial charge in [0.15, 0.2) is 6.04 Å². The monoisotopic (exact) mass is 433 g/mol. The highest BCUT2D eigenvalue weighted by atomic mass is 19.1. The van der Waals surface area contributed by atoms with Gasteiger partial charge in [0.05, 0.1) is 5.71 Å². The third-order valence-electron chi connectivity index (χ3n) is 4.64. The Hall–Kier alpha value is -3.27. The maximum Gasteiger partial charge on any atom is 0.331 e. The second kappa shape index (κ2) is 11.4. The quantitative estimate of drug-likeness (QED) is 0.255. The molecule has 0 saturated carbocycles. The number of nitrogens with zero attached hydrogens (tertiary/aromatic N) is 1. The molecule has 0 N–H and O–H groups in total. The van der Waals surface area contributed by atoms with E-state index in [1.807, 2.05) is 60.7 Å². The molecule has 0 aromatic heterocycles. The molecule has 0 fully saturated rings. The van der Waals surface area contributed by atoms with Crippen molar-refractivity contribution in [3.63, 3.8) is 0 Å². The van der Waals surface area contributed by atoms with E-state index in [2.05, 4.69) is 6.58 Å². The van der Waals surface area contributed by atoms with Gasteiger partial charge in [0.2, 0.25) is 0 Å². The van der Waals surface area contributed by atoms with Crippen molar-refractivity contribution in [2.45, 2.75) is 52.7 Å². The van der Waals surface area contributed by atoms with E-state index in [1.165, 1.54) is 6.08 Å². The number of esters is 1. The van der Waals surface area contributed by atoms with E-state index in [4.69, 9.17) is 9.73 Å². The number of hydrogen-bond acceptors (Lipinski definition) is 3. The fraction of sp³-hybridized carbons (Fsp3) is 0.286. The zero-order valence-corrected chi connectivity index (χ0v) is 19.6. The molecule has 0 saturated heterocycles. The second-order valence-electron chi connectivity index (χ2n) is 8.68. The van der Waals surface area contributed by atoms with Crippen molar-refractivity contribution in [2.75, 3.05) is 0 Å². The highest BCUT2D eigenvalue weighted by Gasteiger charge is 2.27. The minimum Gasteiger partial charge on any atom is -0.458 e. The Morgan fingerprint density at radius 2 is 1.53 bits per heavy atom.